The zero-order valence-corrected chi connectivity index (χ0v) is 11.9. The molecule has 1 aromatic carbocycles. The van der Waals surface area contributed by atoms with Crippen molar-refractivity contribution in [3.05, 3.63) is 40.2 Å². The molecule has 0 aliphatic heterocycles. The fourth-order valence-corrected chi connectivity index (χ4v) is 2.85. The molecule has 2 heterocycles. The molecule has 9 nitrogen and oxygen atoms in total. The number of fused-ring (bicyclic) bond motifs is 1. The van der Waals surface area contributed by atoms with Crippen LogP contribution in [0.5, 0.6) is 5.75 Å². The van der Waals surface area contributed by atoms with Crippen LogP contribution in [-0.2, 0) is 5.75 Å². The second-order valence-electron chi connectivity index (χ2n) is 4.35. The van der Waals surface area contributed by atoms with Crippen LogP contribution in [0.15, 0.2) is 29.6 Å². The summed E-state index contributed by atoms with van der Waals surface area (Å²) in [5, 5.41) is 21.2. The van der Waals surface area contributed by atoms with Gasteiger partial charge >= 0.3 is 0 Å². The molecule has 0 saturated heterocycles. The minimum absolute atomic E-state index is 0.0130. The van der Waals surface area contributed by atoms with Gasteiger partial charge in [0.15, 0.2) is 5.65 Å². The first-order valence-electron chi connectivity index (χ1n) is 6.10. The molecule has 10 heteroatoms. The number of hydrogen-bond acceptors (Lipinski definition) is 8. The second-order valence-corrected chi connectivity index (χ2v) is 5.31. The van der Waals surface area contributed by atoms with E-state index >= 15 is 0 Å². The van der Waals surface area contributed by atoms with Crippen molar-refractivity contribution in [3.8, 4) is 5.75 Å². The van der Waals surface area contributed by atoms with Gasteiger partial charge in [0.1, 0.15) is 16.3 Å². The minimum atomic E-state index is -0.511. The van der Waals surface area contributed by atoms with E-state index in [0.29, 0.717) is 21.8 Å². The number of aromatic nitrogens is 4. The Morgan fingerprint density at radius 2 is 2.23 bits per heavy atom. The SMILES string of the molecule is Nc1nc(SCc2cc([N+](=O)[O-])ccc2O)c2[nH]cnc2n1. The molecule has 0 amide bonds. The number of thioether (sulfide) groups is 1. The van der Waals surface area contributed by atoms with Gasteiger partial charge in [-0.1, -0.05) is 11.8 Å². The zero-order valence-electron chi connectivity index (χ0n) is 11.1. The number of nitrogen functional groups attached to an aromatic ring is 1. The number of H-pyrrole nitrogens is 1. The lowest BCUT2D eigenvalue weighted by Crippen LogP contribution is -1.97. The first-order valence-corrected chi connectivity index (χ1v) is 7.09. The lowest BCUT2D eigenvalue weighted by molar-refractivity contribution is -0.384. The largest absolute Gasteiger partial charge is 0.508 e. The maximum Gasteiger partial charge on any atom is 0.270 e. The number of phenols is 1. The van der Waals surface area contributed by atoms with Crippen LogP contribution in [0.2, 0.25) is 0 Å². The number of imidazole rings is 1. The molecule has 3 aromatic rings. The Labute approximate surface area is 127 Å². The summed E-state index contributed by atoms with van der Waals surface area (Å²) in [7, 11) is 0. The summed E-state index contributed by atoms with van der Waals surface area (Å²) in [5.74, 6) is 0.365. The van der Waals surface area contributed by atoms with Crippen LogP contribution >= 0.6 is 11.8 Å². The number of aromatic amines is 1. The van der Waals surface area contributed by atoms with Crippen LogP contribution in [-0.4, -0.2) is 30.0 Å². The number of benzene rings is 1. The number of nitrogens with zero attached hydrogens (tertiary/aromatic N) is 4. The summed E-state index contributed by atoms with van der Waals surface area (Å²) in [6.07, 6.45) is 1.48. The summed E-state index contributed by atoms with van der Waals surface area (Å²) in [6, 6.07) is 3.88. The molecule has 0 fully saturated rings. The Morgan fingerprint density at radius 3 is 3.00 bits per heavy atom. The van der Waals surface area contributed by atoms with Gasteiger partial charge in [0, 0.05) is 23.4 Å². The number of nitro benzene ring substituents is 1. The number of aromatic hydroxyl groups is 1. The molecule has 22 heavy (non-hydrogen) atoms. The van der Waals surface area contributed by atoms with Crippen molar-refractivity contribution in [1.82, 2.24) is 19.9 Å². The number of hydrogen-bond donors (Lipinski definition) is 3. The molecule has 0 saturated carbocycles. The van der Waals surface area contributed by atoms with Crippen LogP contribution < -0.4 is 5.73 Å². The van der Waals surface area contributed by atoms with E-state index in [9.17, 15) is 15.2 Å². The number of rotatable bonds is 4. The fourth-order valence-electron chi connectivity index (χ4n) is 1.87. The lowest BCUT2D eigenvalue weighted by Gasteiger charge is -2.05. The van der Waals surface area contributed by atoms with Crippen molar-refractivity contribution in [3.63, 3.8) is 0 Å². The van der Waals surface area contributed by atoms with Crippen LogP contribution in [0, 0.1) is 10.1 Å². The Bertz CT molecular complexity index is 865. The topological polar surface area (TPSA) is 144 Å². The minimum Gasteiger partial charge on any atom is -0.508 e. The highest BCUT2D eigenvalue weighted by molar-refractivity contribution is 7.98. The number of phenolic OH excluding ortho intramolecular Hbond substituents is 1. The van der Waals surface area contributed by atoms with Gasteiger partial charge in [-0.05, 0) is 6.07 Å². The Kier molecular flexibility index (Phi) is 3.51. The van der Waals surface area contributed by atoms with E-state index in [2.05, 4.69) is 19.9 Å². The van der Waals surface area contributed by atoms with Gasteiger partial charge in [0.05, 0.1) is 11.3 Å². The summed E-state index contributed by atoms with van der Waals surface area (Å²) >= 11 is 1.27. The monoisotopic (exact) mass is 318 g/mol. The van der Waals surface area contributed by atoms with E-state index in [1.807, 2.05) is 0 Å². The highest BCUT2D eigenvalue weighted by atomic mass is 32.2. The van der Waals surface area contributed by atoms with Crippen molar-refractivity contribution >= 4 is 34.6 Å². The number of nitrogens with one attached hydrogen (secondary N) is 1. The Morgan fingerprint density at radius 1 is 1.41 bits per heavy atom. The molecular weight excluding hydrogens is 308 g/mol. The van der Waals surface area contributed by atoms with Crippen molar-refractivity contribution in [2.45, 2.75) is 10.8 Å². The van der Waals surface area contributed by atoms with E-state index in [0.717, 1.165) is 0 Å². The fraction of sp³-hybridized carbons (Fsp3) is 0.0833. The van der Waals surface area contributed by atoms with Crippen molar-refractivity contribution < 1.29 is 10.0 Å². The quantitative estimate of drug-likeness (QED) is 0.286. The number of anilines is 1. The summed E-state index contributed by atoms with van der Waals surface area (Å²) in [4.78, 5) is 25.3. The third-order valence-corrected chi connectivity index (χ3v) is 3.93. The molecule has 112 valence electrons. The average molecular weight is 318 g/mol. The van der Waals surface area contributed by atoms with Crippen molar-refractivity contribution in [2.24, 2.45) is 0 Å². The molecule has 0 atom stereocenters. The summed E-state index contributed by atoms with van der Waals surface area (Å²) in [5.41, 5.74) is 7.04. The van der Waals surface area contributed by atoms with Gasteiger partial charge in [-0.3, -0.25) is 10.1 Å². The standard InChI is InChI=1S/C12H10N6O3S/c13-12-16-10-9(14-5-15-10)11(17-12)22-4-6-3-7(18(20)21)1-2-8(6)19/h1-3,5,19H,4H2,(H3,13,14,15,16,17). The predicted octanol–water partition coefficient (Wildman–Crippen LogP) is 1.84. The molecule has 0 unspecified atom stereocenters. The third-order valence-electron chi connectivity index (χ3n) is 2.91. The maximum atomic E-state index is 10.8. The molecule has 2 aromatic heterocycles. The van der Waals surface area contributed by atoms with Crippen LogP contribution in [0.4, 0.5) is 11.6 Å². The van der Waals surface area contributed by atoms with E-state index in [-0.39, 0.29) is 23.1 Å². The molecule has 0 aliphatic rings. The van der Waals surface area contributed by atoms with Gasteiger partial charge in [0.25, 0.3) is 5.69 Å². The second kappa shape index (κ2) is 5.48. The molecular formula is C12H10N6O3S. The number of nitrogens with two attached hydrogens (primary N) is 1. The van der Waals surface area contributed by atoms with Crippen LogP contribution in [0.25, 0.3) is 11.2 Å². The molecule has 0 aliphatic carbocycles. The van der Waals surface area contributed by atoms with E-state index in [4.69, 9.17) is 5.73 Å². The molecule has 0 bridgehead atoms. The van der Waals surface area contributed by atoms with Gasteiger partial charge in [-0.25, -0.2) is 9.97 Å². The molecule has 3 rings (SSSR count). The number of non-ortho nitro benzene ring substituents is 1. The van der Waals surface area contributed by atoms with Gasteiger partial charge in [-0.2, -0.15) is 4.98 Å². The highest BCUT2D eigenvalue weighted by Gasteiger charge is 2.13. The van der Waals surface area contributed by atoms with Crippen molar-refractivity contribution in [1.29, 1.82) is 0 Å². The van der Waals surface area contributed by atoms with Crippen molar-refractivity contribution in [2.75, 3.05) is 5.73 Å². The highest BCUT2D eigenvalue weighted by Crippen LogP contribution is 2.31. The smallest absolute Gasteiger partial charge is 0.270 e. The first-order chi connectivity index (χ1) is 10.5. The normalized spacial score (nSPS) is 10.9. The molecule has 4 N–H and O–H groups in total. The predicted molar refractivity (Wildman–Crippen MR) is 80.4 cm³/mol. The van der Waals surface area contributed by atoms with Gasteiger partial charge < -0.3 is 15.8 Å². The van der Waals surface area contributed by atoms with Crippen LogP contribution in [0.3, 0.4) is 0 Å². The zero-order chi connectivity index (χ0) is 15.7. The van der Waals surface area contributed by atoms with E-state index in [1.54, 1.807) is 0 Å². The molecule has 0 radical (unpaired) electrons. The number of nitro groups is 1. The first kappa shape index (κ1) is 14.1. The summed E-state index contributed by atoms with van der Waals surface area (Å²) < 4.78 is 0. The van der Waals surface area contributed by atoms with Gasteiger partial charge in [0.2, 0.25) is 5.95 Å². The van der Waals surface area contributed by atoms with E-state index in [1.165, 1.54) is 36.3 Å². The summed E-state index contributed by atoms with van der Waals surface area (Å²) in [6.45, 7) is 0. The maximum absolute atomic E-state index is 10.8. The average Bonchev–Trinajstić information content (AvgIpc) is 2.94. The third kappa shape index (κ3) is 2.63. The van der Waals surface area contributed by atoms with E-state index < -0.39 is 4.92 Å². The van der Waals surface area contributed by atoms with Gasteiger partial charge in [-0.15, -0.1) is 0 Å². The Balaban J connectivity index is 1.89. The molecule has 0 spiro atoms. The lowest BCUT2D eigenvalue weighted by atomic mass is 10.2. The van der Waals surface area contributed by atoms with Crippen LogP contribution in [0.1, 0.15) is 5.56 Å². The Hall–Kier alpha value is -2.88.